The second kappa shape index (κ2) is 9.72. The Morgan fingerprint density at radius 3 is 2.92 bits per heavy atom. The van der Waals surface area contributed by atoms with E-state index in [9.17, 15) is 4.79 Å². The van der Waals surface area contributed by atoms with Crippen LogP contribution in [0.2, 0.25) is 0 Å². The highest BCUT2D eigenvalue weighted by molar-refractivity contribution is 5.81. The van der Waals surface area contributed by atoms with Gasteiger partial charge in [-0.25, -0.2) is 4.98 Å². The number of rotatable bonds is 10. The maximum atomic E-state index is 12.1. The van der Waals surface area contributed by atoms with E-state index in [2.05, 4.69) is 35.0 Å². The number of nitrogens with one attached hydrogen (secondary N) is 1. The molecule has 142 valence electrons. The van der Waals surface area contributed by atoms with Crippen LogP contribution >= 0.6 is 0 Å². The third-order valence-electron chi connectivity index (χ3n) is 5.09. The number of unbranched alkanes of at least 4 members (excludes halogenated alkanes) is 4. The molecule has 26 heavy (non-hydrogen) atoms. The van der Waals surface area contributed by atoms with Gasteiger partial charge in [-0.2, -0.15) is 0 Å². The van der Waals surface area contributed by atoms with Gasteiger partial charge in [0.2, 0.25) is 5.91 Å². The molecule has 1 aliphatic rings. The summed E-state index contributed by atoms with van der Waals surface area (Å²) in [5.74, 6) is 1.08. The number of hydrogen-bond donors (Lipinski definition) is 1. The Kier molecular flexibility index (Phi) is 7.06. The van der Waals surface area contributed by atoms with Crippen molar-refractivity contribution in [2.75, 3.05) is 13.2 Å². The van der Waals surface area contributed by atoms with Crippen LogP contribution in [0.3, 0.4) is 0 Å². The first-order chi connectivity index (χ1) is 12.8. The number of imidazole rings is 1. The molecule has 1 aliphatic heterocycles. The molecule has 1 fully saturated rings. The molecule has 2 heterocycles. The number of aryl methyl sites for hydroxylation is 1. The fourth-order valence-electron chi connectivity index (χ4n) is 3.64. The predicted molar refractivity (Wildman–Crippen MR) is 104 cm³/mol. The number of aromatic nitrogens is 2. The van der Waals surface area contributed by atoms with E-state index < -0.39 is 0 Å². The van der Waals surface area contributed by atoms with E-state index in [-0.39, 0.29) is 12.0 Å². The third kappa shape index (κ3) is 4.85. The molecule has 2 aromatic rings. The first kappa shape index (κ1) is 18.9. The number of nitrogens with zero attached hydrogens (tertiary/aromatic N) is 2. The summed E-state index contributed by atoms with van der Waals surface area (Å²) in [5, 5.41) is 3.01. The Hall–Kier alpha value is -1.88. The number of hydrogen-bond acceptors (Lipinski definition) is 3. The Bertz CT molecular complexity index is 704. The van der Waals surface area contributed by atoms with Crippen molar-refractivity contribution in [3.8, 4) is 0 Å². The van der Waals surface area contributed by atoms with Crippen LogP contribution in [-0.2, 0) is 22.5 Å². The summed E-state index contributed by atoms with van der Waals surface area (Å²) in [6, 6.07) is 8.31. The van der Waals surface area contributed by atoms with Gasteiger partial charge in [0.1, 0.15) is 11.9 Å². The van der Waals surface area contributed by atoms with Crippen molar-refractivity contribution in [2.45, 2.75) is 70.9 Å². The van der Waals surface area contributed by atoms with Crippen LogP contribution in [0.25, 0.3) is 11.0 Å². The molecule has 0 bridgehead atoms. The molecular weight excluding hydrogens is 326 g/mol. The van der Waals surface area contributed by atoms with E-state index in [0.29, 0.717) is 13.2 Å². The number of amides is 1. The predicted octanol–water partition coefficient (Wildman–Crippen LogP) is 3.84. The van der Waals surface area contributed by atoms with Gasteiger partial charge in [0.25, 0.3) is 0 Å². The third-order valence-corrected chi connectivity index (χ3v) is 5.09. The van der Waals surface area contributed by atoms with E-state index in [1.54, 1.807) is 0 Å². The summed E-state index contributed by atoms with van der Waals surface area (Å²) >= 11 is 0. The van der Waals surface area contributed by atoms with Crippen molar-refractivity contribution in [3.05, 3.63) is 30.1 Å². The van der Waals surface area contributed by atoms with E-state index in [1.807, 2.05) is 6.07 Å². The number of ether oxygens (including phenoxy) is 1. The average Bonchev–Trinajstić information content (AvgIpc) is 3.30. The number of carbonyl (C=O) groups excluding carboxylic acids is 1. The quantitative estimate of drug-likeness (QED) is 0.657. The molecule has 0 spiro atoms. The Labute approximate surface area is 156 Å². The van der Waals surface area contributed by atoms with Crippen LogP contribution in [0, 0.1) is 0 Å². The molecule has 1 aromatic heterocycles. The number of fused-ring (bicyclic) bond motifs is 1. The Balaban J connectivity index is 1.58. The fourth-order valence-corrected chi connectivity index (χ4v) is 3.64. The van der Waals surface area contributed by atoms with E-state index in [1.165, 1.54) is 37.6 Å². The average molecular weight is 357 g/mol. The van der Waals surface area contributed by atoms with Crippen molar-refractivity contribution in [2.24, 2.45) is 0 Å². The first-order valence-corrected chi connectivity index (χ1v) is 10.1. The Morgan fingerprint density at radius 1 is 1.27 bits per heavy atom. The number of para-hydroxylation sites is 2. The molecule has 1 saturated heterocycles. The van der Waals surface area contributed by atoms with Crippen molar-refractivity contribution < 1.29 is 9.53 Å². The molecule has 3 rings (SSSR count). The highest BCUT2D eigenvalue weighted by Crippen LogP contribution is 2.18. The smallest absolute Gasteiger partial charge is 0.249 e. The minimum atomic E-state index is -0.257. The lowest BCUT2D eigenvalue weighted by Gasteiger charge is -2.12. The number of benzene rings is 1. The van der Waals surface area contributed by atoms with Crippen molar-refractivity contribution in [1.82, 2.24) is 14.9 Å². The molecule has 1 amide bonds. The zero-order chi connectivity index (χ0) is 18.2. The summed E-state index contributed by atoms with van der Waals surface area (Å²) in [6.45, 7) is 4.55. The number of carbonyl (C=O) groups is 1. The van der Waals surface area contributed by atoms with Gasteiger partial charge in [-0.15, -0.1) is 0 Å². The Morgan fingerprint density at radius 2 is 2.12 bits per heavy atom. The van der Waals surface area contributed by atoms with E-state index in [4.69, 9.17) is 9.72 Å². The van der Waals surface area contributed by atoms with Gasteiger partial charge < -0.3 is 14.6 Å². The highest BCUT2D eigenvalue weighted by atomic mass is 16.5. The molecule has 0 aliphatic carbocycles. The lowest BCUT2D eigenvalue weighted by Crippen LogP contribution is -2.35. The molecular formula is C21H31N3O2. The monoisotopic (exact) mass is 357 g/mol. The highest BCUT2D eigenvalue weighted by Gasteiger charge is 2.23. The normalized spacial score (nSPS) is 17.0. The van der Waals surface area contributed by atoms with Gasteiger partial charge in [-0.1, -0.05) is 44.7 Å². The van der Waals surface area contributed by atoms with Gasteiger partial charge in [0, 0.05) is 26.1 Å². The molecule has 5 heteroatoms. The first-order valence-electron chi connectivity index (χ1n) is 10.1. The summed E-state index contributed by atoms with van der Waals surface area (Å²) in [7, 11) is 0. The summed E-state index contributed by atoms with van der Waals surface area (Å²) in [5.41, 5.74) is 2.24. The van der Waals surface area contributed by atoms with Crippen LogP contribution in [-0.4, -0.2) is 34.7 Å². The molecule has 0 radical (unpaired) electrons. The van der Waals surface area contributed by atoms with Crippen LogP contribution < -0.4 is 5.32 Å². The second-order valence-corrected chi connectivity index (χ2v) is 7.13. The molecule has 1 aromatic carbocycles. The molecule has 1 atom stereocenters. The zero-order valence-corrected chi connectivity index (χ0v) is 15.9. The van der Waals surface area contributed by atoms with Crippen LogP contribution in [0.1, 0.15) is 57.7 Å². The summed E-state index contributed by atoms with van der Waals surface area (Å²) < 4.78 is 7.77. The second-order valence-electron chi connectivity index (χ2n) is 7.13. The van der Waals surface area contributed by atoms with Crippen LogP contribution in [0.4, 0.5) is 0 Å². The van der Waals surface area contributed by atoms with E-state index in [0.717, 1.165) is 37.1 Å². The molecule has 1 N–H and O–H groups in total. The van der Waals surface area contributed by atoms with Gasteiger partial charge in [0.15, 0.2) is 0 Å². The van der Waals surface area contributed by atoms with Gasteiger partial charge in [0.05, 0.1) is 11.0 Å². The largest absolute Gasteiger partial charge is 0.368 e. The van der Waals surface area contributed by atoms with Crippen LogP contribution in [0.5, 0.6) is 0 Å². The molecule has 0 saturated carbocycles. The minimum Gasteiger partial charge on any atom is -0.368 e. The zero-order valence-electron chi connectivity index (χ0n) is 15.9. The molecule has 1 unspecified atom stereocenters. The van der Waals surface area contributed by atoms with Crippen LogP contribution in [0.15, 0.2) is 24.3 Å². The fraction of sp³-hybridized carbons (Fsp3) is 0.619. The maximum absolute atomic E-state index is 12.1. The van der Waals surface area contributed by atoms with Gasteiger partial charge >= 0.3 is 0 Å². The van der Waals surface area contributed by atoms with Gasteiger partial charge in [-0.3, -0.25) is 4.79 Å². The standard InChI is InChI=1S/C21H31N3O2/c1-2-3-4-5-8-15-24-18-11-7-6-10-17(18)23-20(24)13-14-22-21(25)19-12-9-16-26-19/h6-7,10-11,19H,2-5,8-9,12-16H2,1H3,(H,22,25). The summed E-state index contributed by atoms with van der Waals surface area (Å²) in [6.07, 6.45) is 8.63. The maximum Gasteiger partial charge on any atom is 0.249 e. The summed E-state index contributed by atoms with van der Waals surface area (Å²) in [4.78, 5) is 16.9. The van der Waals surface area contributed by atoms with Crippen molar-refractivity contribution >= 4 is 16.9 Å². The van der Waals surface area contributed by atoms with Crippen molar-refractivity contribution in [1.29, 1.82) is 0 Å². The lowest BCUT2D eigenvalue weighted by atomic mass is 10.1. The van der Waals surface area contributed by atoms with E-state index >= 15 is 0 Å². The topological polar surface area (TPSA) is 56.2 Å². The lowest BCUT2D eigenvalue weighted by molar-refractivity contribution is -0.130. The molecule has 5 nitrogen and oxygen atoms in total. The van der Waals surface area contributed by atoms with Crippen molar-refractivity contribution in [3.63, 3.8) is 0 Å². The minimum absolute atomic E-state index is 0.0183. The SMILES string of the molecule is CCCCCCCn1c(CCNC(=O)C2CCCO2)nc2ccccc21. The van der Waals surface area contributed by atoms with Gasteiger partial charge in [-0.05, 0) is 31.4 Å².